The summed E-state index contributed by atoms with van der Waals surface area (Å²) >= 11 is 7.70. The van der Waals surface area contributed by atoms with Crippen molar-refractivity contribution in [2.24, 2.45) is 0 Å². The van der Waals surface area contributed by atoms with Gasteiger partial charge in [-0.15, -0.1) is 22.7 Å². The molecule has 4 nitrogen and oxygen atoms in total. The number of benzene rings is 10. The number of thiophene rings is 2. The summed E-state index contributed by atoms with van der Waals surface area (Å²) in [5, 5.41) is 11.6. The molecule has 364 valence electrons. The zero-order valence-corrected chi connectivity index (χ0v) is 44.5. The van der Waals surface area contributed by atoms with Crippen LogP contribution in [0.2, 0.25) is 0 Å². The summed E-state index contributed by atoms with van der Waals surface area (Å²) in [6.45, 7) is 0. The maximum atomic E-state index is 7.03. The Labute approximate surface area is 462 Å². The molecule has 0 fully saturated rings. The molecule has 0 atom stereocenters. The van der Waals surface area contributed by atoms with E-state index in [9.17, 15) is 0 Å². The minimum absolute atomic E-state index is 0.735. The average Bonchev–Trinajstić information content (AvgIpc) is 4.46. The third-order valence-electron chi connectivity index (χ3n) is 17.3. The molecule has 0 amide bonds. The van der Waals surface area contributed by atoms with E-state index in [1.807, 2.05) is 46.2 Å². The van der Waals surface area contributed by atoms with Crippen LogP contribution < -0.4 is 0 Å². The Bertz CT molecular complexity index is 4860. The molecule has 0 saturated heterocycles. The Morgan fingerprint density at radius 2 is 0.628 bits per heavy atom. The first-order valence-electron chi connectivity index (χ1n) is 26.4. The maximum Gasteiger partial charge on any atom is 0.160 e. The molecule has 3 aliphatic rings. The predicted octanol–water partition coefficient (Wildman–Crippen LogP) is 19.8. The van der Waals surface area contributed by atoms with Gasteiger partial charge in [-0.05, 0) is 106 Å². The van der Waals surface area contributed by atoms with Crippen LogP contribution in [0.1, 0.15) is 43.1 Å². The van der Waals surface area contributed by atoms with E-state index in [1.54, 1.807) is 0 Å². The molecule has 6 aromatic heterocycles. The van der Waals surface area contributed by atoms with Gasteiger partial charge >= 0.3 is 0 Å². The molecule has 0 unspecified atom stereocenters. The largest absolute Gasteiger partial charge is 0.454 e. The summed E-state index contributed by atoms with van der Waals surface area (Å²) in [5.41, 5.74) is 14.5. The molecule has 0 bridgehead atoms. The number of fused-ring (bicyclic) bond motifs is 28. The van der Waals surface area contributed by atoms with E-state index in [2.05, 4.69) is 240 Å². The highest BCUT2D eigenvalue weighted by atomic mass is 32.2. The van der Waals surface area contributed by atoms with Gasteiger partial charge in [0.15, 0.2) is 11.2 Å². The van der Waals surface area contributed by atoms with Gasteiger partial charge in [-0.2, -0.15) is 0 Å². The second-order valence-electron chi connectivity index (χ2n) is 20.9. The molecule has 16 aromatic rings. The molecule has 0 N–H and O–H groups in total. The SMILES string of the molecule is c1ccc2c(c1)Sc1ccccc1C21c2cc(-n3c4ccccc4c4ccc5c6ccccc6oc5c43)sc2C2(c3ccccc3Sc3ccccc32)c2cc(-n3c4ccccc4c4ccc5c6ccccc6oc5c43)sc21. The van der Waals surface area contributed by atoms with Crippen molar-refractivity contribution in [1.82, 2.24) is 9.13 Å². The first-order valence-corrected chi connectivity index (χ1v) is 29.7. The standard InChI is InChI=1S/C70H38N2O2S4/c1-9-25-53-39(17-1)43-33-35-45-41-19-3-11-27-55(41)73-65(45)63(43)71(53)61-37-51-67(77-61)70(49-23-7-15-31-59(49)76-60-32-16-8-24-50(60)70)52-38-62(78-68(52)69(51)47-21-5-13-29-57(47)75-58-30-14-6-22-48(58)69)72-54-26-10-2-18-40(54)44-34-36-46-42-20-4-12-28-56(42)74-66(46)64(44)72/h1-38H. The van der Waals surface area contributed by atoms with Crippen LogP contribution in [-0.2, 0) is 10.8 Å². The fourth-order valence-corrected chi connectivity index (χ4v) is 19.6. The van der Waals surface area contributed by atoms with Crippen molar-refractivity contribution < 1.29 is 8.83 Å². The van der Waals surface area contributed by atoms with Crippen LogP contribution in [0.15, 0.2) is 259 Å². The lowest BCUT2D eigenvalue weighted by atomic mass is 9.55. The quantitative estimate of drug-likeness (QED) is 0.173. The van der Waals surface area contributed by atoms with E-state index in [0.29, 0.717) is 0 Å². The van der Waals surface area contributed by atoms with Crippen LogP contribution in [0.25, 0.3) is 97.5 Å². The summed E-state index contributed by atoms with van der Waals surface area (Å²) in [4.78, 5) is 7.75. The van der Waals surface area contributed by atoms with Gasteiger partial charge in [0.1, 0.15) is 21.2 Å². The van der Waals surface area contributed by atoms with Crippen molar-refractivity contribution >= 4 is 134 Å². The highest BCUT2D eigenvalue weighted by molar-refractivity contribution is 7.99. The summed E-state index contributed by atoms with van der Waals surface area (Å²) in [5.74, 6) is 0. The van der Waals surface area contributed by atoms with Crippen molar-refractivity contribution in [3.63, 3.8) is 0 Å². The number of furan rings is 2. The second kappa shape index (κ2) is 15.2. The Balaban J connectivity index is 1.02. The predicted molar refractivity (Wildman–Crippen MR) is 324 cm³/mol. The van der Waals surface area contributed by atoms with E-state index in [4.69, 9.17) is 8.83 Å². The Kier molecular flexibility index (Phi) is 8.28. The molecule has 0 saturated carbocycles. The van der Waals surface area contributed by atoms with Gasteiger partial charge < -0.3 is 8.83 Å². The lowest BCUT2D eigenvalue weighted by Gasteiger charge is -2.51. The van der Waals surface area contributed by atoms with E-state index < -0.39 is 10.8 Å². The summed E-state index contributed by atoms with van der Waals surface area (Å²) in [7, 11) is 0. The molecule has 0 radical (unpaired) electrons. The minimum Gasteiger partial charge on any atom is -0.454 e. The van der Waals surface area contributed by atoms with Crippen LogP contribution >= 0.6 is 46.2 Å². The maximum absolute atomic E-state index is 7.03. The van der Waals surface area contributed by atoms with E-state index in [1.165, 1.54) is 84.3 Å². The van der Waals surface area contributed by atoms with Crippen molar-refractivity contribution in [3.8, 4) is 10.0 Å². The molecule has 1 aliphatic carbocycles. The van der Waals surface area contributed by atoms with Crippen LogP contribution in [0.3, 0.4) is 0 Å². The summed E-state index contributed by atoms with van der Waals surface area (Å²) in [6, 6.07) is 86.2. The van der Waals surface area contributed by atoms with Gasteiger partial charge in [-0.25, -0.2) is 0 Å². The van der Waals surface area contributed by atoms with Crippen molar-refractivity contribution in [2.75, 3.05) is 0 Å². The normalized spacial score (nSPS) is 14.8. The van der Waals surface area contributed by atoms with Gasteiger partial charge in [0.05, 0.1) is 32.9 Å². The number of rotatable bonds is 2. The van der Waals surface area contributed by atoms with Crippen LogP contribution in [-0.4, -0.2) is 9.13 Å². The fraction of sp³-hybridized carbons (Fsp3) is 0.0286. The Morgan fingerprint density at radius 3 is 1.04 bits per heavy atom. The number of aromatic nitrogens is 2. The third-order valence-corrected chi connectivity index (χ3v) is 22.1. The number of hydrogen-bond acceptors (Lipinski definition) is 6. The molecule has 19 rings (SSSR count). The van der Waals surface area contributed by atoms with Crippen LogP contribution in [0.5, 0.6) is 0 Å². The highest BCUT2D eigenvalue weighted by Crippen LogP contribution is 2.70. The second-order valence-corrected chi connectivity index (χ2v) is 25.2. The van der Waals surface area contributed by atoms with E-state index in [-0.39, 0.29) is 0 Å². The third kappa shape index (κ3) is 5.12. The fourth-order valence-electron chi connectivity index (χ4n) is 14.3. The lowest BCUT2D eigenvalue weighted by Crippen LogP contribution is -2.45. The summed E-state index contributed by atoms with van der Waals surface area (Å²) in [6.07, 6.45) is 0. The summed E-state index contributed by atoms with van der Waals surface area (Å²) < 4.78 is 19.1. The average molecular weight is 1070 g/mol. The number of para-hydroxylation sites is 4. The molecule has 10 aromatic carbocycles. The monoisotopic (exact) mass is 1070 g/mol. The highest BCUT2D eigenvalue weighted by Gasteiger charge is 2.60. The van der Waals surface area contributed by atoms with Gasteiger partial charge in [0, 0.05) is 72.4 Å². The molecule has 2 spiro atoms. The number of nitrogens with zero attached hydrogens (tertiary/aromatic N) is 2. The van der Waals surface area contributed by atoms with Gasteiger partial charge in [0.2, 0.25) is 0 Å². The minimum atomic E-state index is -0.735. The van der Waals surface area contributed by atoms with Crippen molar-refractivity contribution in [1.29, 1.82) is 0 Å². The lowest BCUT2D eigenvalue weighted by molar-refractivity contribution is 0.609. The Morgan fingerprint density at radius 1 is 0.295 bits per heavy atom. The molecule has 8 heterocycles. The van der Waals surface area contributed by atoms with Crippen LogP contribution in [0, 0.1) is 0 Å². The van der Waals surface area contributed by atoms with E-state index >= 15 is 0 Å². The van der Waals surface area contributed by atoms with Crippen LogP contribution in [0.4, 0.5) is 0 Å². The van der Waals surface area contributed by atoms with E-state index in [0.717, 1.165) is 75.9 Å². The smallest absolute Gasteiger partial charge is 0.160 e. The van der Waals surface area contributed by atoms with Crippen molar-refractivity contribution in [2.45, 2.75) is 30.4 Å². The van der Waals surface area contributed by atoms with Crippen molar-refractivity contribution in [3.05, 3.63) is 274 Å². The Hall–Kier alpha value is -8.50. The first kappa shape index (κ1) is 42.6. The zero-order valence-electron chi connectivity index (χ0n) is 41.3. The zero-order chi connectivity index (χ0) is 50.6. The number of hydrogen-bond donors (Lipinski definition) is 0. The van der Waals surface area contributed by atoms with Gasteiger partial charge in [0.25, 0.3) is 0 Å². The first-order chi connectivity index (χ1) is 38.7. The topological polar surface area (TPSA) is 36.1 Å². The molecule has 8 heteroatoms. The van der Waals surface area contributed by atoms with Gasteiger partial charge in [-0.1, -0.05) is 181 Å². The molecule has 78 heavy (non-hydrogen) atoms. The molecular formula is C70H38N2O2S4. The van der Waals surface area contributed by atoms with Gasteiger partial charge in [-0.3, -0.25) is 9.13 Å². The molecular weight excluding hydrogens is 1030 g/mol. The molecule has 2 aliphatic heterocycles.